The number of carbonyl (C=O) groups excluding carboxylic acids is 1. The van der Waals surface area contributed by atoms with Gasteiger partial charge in [-0.2, -0.15) is 0 Å². The predicted molar refractivity (Wildman–Crippen MR) is 95.7 cm³/mol. The van der Waals surface area contributed by atoms with E-state index in [2.05, 4.69) is 51.2 Å². The zero-order valence-corrected chi connectivity index (χ0v) is 15.1. The first kappa shape index (κ1) is 18.5. The Balaban J connectivity index is 2.82. The van der Waals surface area contributed by atoms with E-state index in [0.717, 1.165) is 13.1 Å². The number of hydrogen-bond donors (Lipinski definition) is 1. The molecule has 0 fully saturated rings. The molecule has 0 aromatic heterocycles. The molecule has 22 heavy (non-hydrogen) atoms. The van der Waals surface area contributed by atoms with Crippen molar-refractivity contribution in [3.63, 3.8) is 0 Å². The normalized spacial score (nSPS) is 11.1. The Labute approximate surface area is 136 Å². The Morgan fingerprint density at radius 3 is 1.95 bits per heavy atom. The Morgan fingerprint density at radius 2 is 1.55 bits per heavy atom. The van der Waals surface area contributed by atoms with E-state index < -0.39 is 0 Å². The quantitative estimate of drug-likeness (QED) is 0.761. The number of benzene rings is 1. The van der Waals surface area contributed by atoms with Crippen LogP contribution in [0.5, 0.6) is 0 Å². The van der Waals surface area contributed by atoms with Crippen molar-refractivity contribution in [2.45, 2.75) is 59.8 Å². The van der Waals surface area contributed by atoms with E-state index in [9.17, 15) is 4.79 Å². The minimum absolute atomic E-state index is 0.227. The number of rotatable bonds is 8. The molecule has 0 radical (unpaired) electrons. The molecule has 0 aliphatic rings. The Bertz CT molecular complexity index is 450. The van der Waals surface area contributed by atoms with Gasteiger partial charge >= 0.3 is 0 Å². The maximum atomic E-state index is 12.1. The largest absolute Gasteiger partial charge is 0.384 e. The second kappa shape index (κ2) is 8.82. The minimum Gasteiger partial charge on any atom is -0.384 e. The van der Waals surface area contributed by atoms with Crippen LogP contribution in [-0.4, -0.2) is 30.4 Å². The zero-order chi connectivity index (χ0) is 16.7. The van der Waals surface area contributed by atoms with Crippen LogP contribution in [0.1, 0.15) is 70.9 Å². The summed E-state index contributed by atoms with van der Waals surface area (Å²) < 4.78 is 0. The molecule has 0 heterocycles. The molecule has 1 aromatic carbocycles. The average molecular weight is 304 g/mol. The Kier molecular flexibility index (Phi) is 7.43. The third-order valence-corrected chi connectivity index (χ3v) is 4.13. The van der Waals surface area contributed by atoms with E-state index in [0.29, 0.717) is 24.8 Å². The predicted octanol–water partition coefficient (Wildman–Crippen LogP) is 4.60. The van der Waals surface area contributed by atoms with Crippen LogP contribution >= 0.6 is 0 Å². The van der Waals surface area contributed by atoms with Crippen molar-refractivity contribution >= 4 is 11.6 Å². The van der Waals surface area contributed by atoms with E-state index in [1.165, 1.54) is 16.8 Å². The van der Waals surface area contributed by atoms with Crippen LogP contribution in [-0.2, 0) is 4.79 Å². The molecule has 0 atom stereocenters. The van der Waals surface area contributed by atoms with Crippen LogP contribution in [0, 0.1) is 0 Å². The monoisotopic (exact) mass is 304 g/mol. The molecule has 1 rings (SSSR count). The van der Waals surface area contributed by atoms with Crippen LogP contribution < -0.4 is 5.32 Å². The number of para-hydroxylation sites is 1. The zero-order valence-electron chi connectivity index (χ0n) is 15.1. The van der Waals surface area contributed by atoms with Crippen LogP contribution in [0.2, 0.25) is 0 Å². The third-order valence-electron chi connectivity index (χ3n) is 4.13. The number of amides is 1. The second-order valence-corrected chi connectivity index (χ2v) is 6.36. The second-order valence-electron chi connectivity index (χ2n) is 6.36. The van der Waals surface area contributed by atoms with Gasteiger partial charge in [0.05, 0.1) is 0 Å². The molecular formula is C19H32N2O. The summed E-state index contributed by atoms with van der Waals surface area (Å²) in [6.45, 7) is 15.2. The molecule has 124 valence electrons. The summed E-state index contributed by atoms with van der Waals surface area (Å²) in [5.41, 5.74) is 3.89. The maximum Gasteiger partial charge on any atom is 0.224 e. The molecule has 1 N–H and O–H groups in total. The fourth-order valence-electron chi connectivity index (χ4n) is 2.78. The summed E-state index contributed by atoms with van der Waals surface area (Å²) in [5, 5.41) is 3.53. The first-order chi connectivity index (χ1) is 10.4. The van der Waals surface area contributed by atoms with Gasteiger partial charge in [-0.1, -0.05) is 45.9 Å². The molecular weight excluding hydrogens is 272 g/mol. The van der Waals surface area contributed by atoms with Gasteiger partial charge in [-0.05, 0) is 36.8 Å². The molecule has 0 aliphatic carbocycles. The molecule has 0 saturated heterocycles. The van der Waals surface area contributed by atoms with Gasteiger partial charge in [-0.3, -0.25) is 4.79 Å². The lowest BCUT2D eigenvalue weighted by Gasteiger charge is -2.22. The summed E-state index contributed by atoms with van der Waals surface area (Å²) in [4.78, 5) is 14.0. The average Bonchev–Trinajstić information content (AvgIpc) is 2.48. The van der Waals surface area contributed by atoms with Crippen molar-refractivity contribution in [2.75, 3.05) is 25.0 Å². The molecule has 0 spiro atoms. The lowest BCUT2D eigenvalue weighted by molar-refractivity contribution is -0.130. The fourth-order valence-corrected chi connectivity index (χ4v) is 2.78. The number of nitrogens with one attached hydrogen (secondary N) is 1. The van der Waals surface area contributed by atoms with Crippen molar-refractivity contribution in [1.82, 2.24) is 4.90 Å². The van der Waals surface area contributed by atoms with Crippen LogP contribution in [0.4, 0.5) is 5.69 Å². The summed E-state index contributed by atoms with van der Waals surface area (Å²) in [6.07, 6.45) is 0.547. The molecule has 0 aliphatic heterocycles. The van der Waals surface area contributed by atoms with E-state index in [-0.39, 0.29) is 5.91 Å². The standard InChI is InChI=1S/C19H32N2O/c1-7-21(8-2)18(22)12-13-20-19-16(14(3)4)10-9-11-17(19)15(5)6/h9-11,14-15,20H,7-8,12-13H2,1-6H3. The molecule has 1 amide bonds. The summed E-state index contributed by atoms with van der Waals surface area (Å²) in [7, 11) is 0. The highest BCUT2D eigenvalue weighted by atomic mass is 16.2. The van der Waals surface area contributed by atoms with Crippen LogP contribution in [0.15, 0.2) is 18.2 Å². The summed E-state index contributed by atoms with van der Waals surface area (Å²) in [5.74, 6) is 1.17. The van der Waals surface area contributed by atoms with E-state index in [1.807, 2.05) is 18.7 Å². The highest BCUT2D eigenvalue weighted by Crippen LogP contribution is 2.32. The SMILES string of the molecule is CCN(CC)C(=O)CCNc1c(C(C)C)cccc1C(C)C. The number of anilines is 1. The minimum atomic E-state index is 0.227. The van der Waals surface area contributed by atoms with Crippen LogP contribution in [0.3, 0.4) is 0 Å². The van der Waals surface area contributed by atoms with E-state index in [1.54, 1.807) is 0 Å². The first-order valence-corrected chi connectivity index (χ1v) is 8.56. The van der Waals surface area contributed by atoms with Gasteiger partial charge in [0, 0.05) is 31.7 Å². The summed E-state index contributed by atoms with van der Waals surface area (Å²) >= 11 is 0. The van der Waals surface area contributed by atoms with E-state index >= 15 is 0 Å². The highest BCUT2D eigenvalue weighted by Gasteiger charge is 2.14. The van der Waals surface area contributed by atoms with Crippen molar-refractivity contribution in [3.05, 3.63) is 29.3 Å². The Hall–Kier alpha value is -1.51. The molecule has 0 bridgehead atoms. The molecule has 3 heteroatoms. The van der Waals surface area contributed by atoms with Gasteiger partial charge in [-0.25, -0.2) is 0 Å². The third kappa shape index (κ3) is 4.75. The smallest absolute Gasteiger partial charge is 0.224 e. The lowest BCUT2D eigenvalue weighted by atomic mass is 9.92. The topological polar surface area (TPSA) is 32.3 Å². The van der Waals surface area contributed by atoms with Crippen molar-refractivity contribution < 1.29 is 4.79 Å². The number of nitrogens with zero attached hydrogens (tertiary/aromatic N) is 1. The van der Waals surface area contributed by atoms with Crippen LogP contribution in [0.25, 0.3) is 0 Å². The van der Waals surface area contributed by atoms with Gasteiger partial charge in [0.2, 0.25) is 5.91 Å². The fraction of sp³-hybridized carbons (Fsp3) is 0.632. The molecule has 3 nitrogen and oxygen atoms in total. The maximum absolute atomic E-state index is 12.1. The highest BCUT2D eigenvalue weighted by molar-refractivity contribution is 5.76. The lowest BCUT2D eigenvalue weighted by Crippen LogP contribution is -2.31. The first-order valence-electron chi connectivity index (χ1n) is 8.56. The Morgan fingerprint density at radius 1 is 1.05 bits per heavy atom. The van der Waals surface area contributed by atoms with Gasteiger partial charge in [0.15, 0.2) is 0 Å². The molecule has 0 unspecified atom stereocenters. The van der Waals surface area contributed by atoms with Gasteiger partial charge in [-0.15, -0.1) is 0 Å². The van der Waals surface area contributed by atoms with Crippen molar-refractivity contribution in [1.29, 1.82) is 0 Å². The van der Waals surface area contributed by atoms with Crippen molar-refractivity contribution in [2.24, 2.45) is 0 Å². The van der Waals surface area contributed by atoms with Gasteiger partial charge in [0.1, 0.15) is 0 Å². The van der Waals surface area contributed by atoms with Gasteiger partial charge < -0.3 is 10.2 Å². The van der Waals surface area contributed by atoms with Gasteiger partial charge in [0.25, 0.3) is 0 Å². The molecule has 0 saturated carbocycles. The summed E-state index contributed by atoms with van der Waals surface area (Å²) in [6, 6.07) is 6.51. The molecule has 1 aromatic rings. The van der Waals surface area contributed by atoms with Crippen molar-refractivity contribution in [3.8, 4) is 0 Å². The number of hydrogen-bond acceptors (Lipinski definition) is 2. The number of carbonyl (C=O) groups is 1. The van der Waals surface area contributed by atoms with E-state index in [4.69, 9.17) is 0 Å².